The zero-order chi connectivity index (χ0) is 19.1. The van der Waals surface area contributed by atoms with Crippen molar-refractivity contribution in [3.63, 3.8) is 0 Å². The summed E-state index contributed by atoms with van der Waals surface area (Å²) in [4.78, 5) is 26.2. The molecule has 0 aliphatic carbocycles. The Balaban J connectivity index is 1.49. The molecule has 1 aliphatic rings. The number of ether oxygens (including phenoxy) is 1. The highest BCUT2D eigenvalue weighted by Gasteiger charge is 2.28. The number of carbonyl (C=O) groups excluding carboxylic acids is 2. The minimum Gasteiger partial charge on any atom is -0.494 e. The highest BCUT2D eigenvalue weighted by atomic mass is 16.5. The van der Waals surface area contributed by atoms with Gasteiger partial charge in [-0.15, -0.1) is 0 Å². The van der Waals surface area contributed by atoms with Crippen LogP contribution in [0.4, 0.5) is 4.79 Å². The molecule has 1 fully saturated rings. The van der Waals surface area contributed by atoms with E-state index in [9.17, 15) is 9.59 Å². The van der Waals surface area contributed by atoms with Crippen LogP contribution >= 0.6 is 0 Å². The Labute approximate surface area is 158 Å². The van der Waals surface area contributed by atoms with Crippen molar-refractivity contribution in [2.24, 2.45) is 0 Å². The van der Waals surface area contributed by atoms with E-state index in [1.54, 1.807) is 12.1 Å². The summed E-state index contributed by atoms with van der Waals surface area (Å²) in [6.07, 6.45) is 3.55. The van der Waals surface area contributed by atoms with Crippen LogP contribution in [0.3, 0.4) is 0 Å². The number of carbonyl (C=O) groups is 2. The van der Waals surface area contributed by atoms with Gasteiger partial charge in [0, 0.05) is 6.04 Å². The van der Waals surface area contributed by atoms with Gasteiger partial charge in [-0.05, 0) is 56.1 Å². The fraction of sp³-hybridized carbons (Fsp3) is 0.400. The third-order valence-corrected chi connectivity index (χ3v) is 4.54. The molecule has 144 valence electrons. The molecule has 1 aromatic carbocycles. The van der Waals surface area contributed by atoms with Gasteiger partial charge in [-0.3, -0.25) is 15.0 Å². The summed E-state index contributed by atoms with van der Waals surface area (Å²) in [6.45, 7) is 3.85. The quantitative estimate of drug-likeness (QED) is 0.782. The molecule has 7 heteroatoms. The maximum absolute atomic E-state index is 12.2. The number of likely N-dealkylation sites (tertiary alicyclic amines) is 1. The second-order valence-corrected chi connectivity index (χ2v) is 6.44. The van der Waals surface area contributed by atoms with Crippen molar-refractivity contribution in [3.8, 4) is 5.75 Å². The van der Waals surface area contributed by atoms with Crippen LogP contribution in [0.25, 0.3) is 0 Å². The number of benzene rings is 1. The van der Waals surface area contributed by atoms with Crippen molar-refractivity contribution in [1.82, 2.24) is 15.5 Å². The summed E-state index contributed by atoms with van der Waals surface area (Å²) in [5.74, 6) is 1.16. The van der Waals surface area contributed by atoms with Crippen LogP contribution in [0.1, 0.15) is 37.1 Å². The Morgan fingerprint density at radius 2 is 2.07 bits per heavy atom. The van der Waals surface area contributed by atoms with Gasteiger partial charge in [0.25, 0.3) is 0 Å². The van der Waals surface area contributed by atoms with Gasteiger partial charge in [-0.1, -0.05) is 12.1 Å². The number of nitrogens with one attached hydrogen (secondary N) is 2. The molecule has 1 saturated heterocycles. The number of rotatable bonds is 7. The summed E-state index contributed by atoms with van der Waals surface area (Å²) < 4.78 is 10.6. The van der Waals surface area contributed by atoms with E-state index < -0.39 is 6.03 Å². The van der Waals surface area contributed by atoms with E-state index in [1.165, 1.54) is 6.26 Å². The number of imide groups is 1. The smallest absolute Gasteiger partial charge is 0.321 e. The molecule has 0 radical (unpaired) electrons. The first-order valence-electron chi connectivity index (χ1n) is 9.22. The number of urea groups is 1. The van der Waals surface area contributed by atoms with Gasteiger partial charge in [-0.25, -0.2) is 4.79 Å². The molecule has 7 nitrogen and oxygen atoms in total. The third kappa shape index (κ3) is 5.34. The Kier molecular flexibility index (Phi) is 6.49. The molecule has 2 heterocycles. The number of hydrogen-bond acceptors (Lipinski definition) is 5. The molecule has 2 aromatic rings. The van der Waals surface area contributed by atoms with Gasteiger partial charge in [-0.2, -0.15) is 0 Å². The summed E-state index contributed by atoms with van der Waals surface area (Å²) >= 11 is 0. The number of furan rings is 1. The highest BCUT2D eigenvalue weighted by Crippen LogP contribution is 2.32. The summed E-state index contributed by atoms with van der Waals surface area (Å²) in [6, 6.07) is 11.2. The van der Waals surface area contributed by atoms with E-state index in [-0.39, 0.29) is 25.0 Å². The van der Waals surface area contributed by atoms with Crippen LogP contribution in [0.5, 0.6) is 5.75 Å². The zero-order valence-corrected chi connectivity index (χ0v) is 15.4. The predicted octanol–water partition coefficient (Wildman–Crippen LogP) is 2.84. The van der Waals surface area contributed by atoms with E-state index in [0.29, 0.717) is 12.4 Å². The molecule has 3 rings (SSSR count). The van der Waals surface area contributed by atoms with E-state index in [4.69, 9.17) is 9.15 Å². The molecule has 1 aromatic heterocycles. The van der Waals surface area contributed by atoms with E-state index in [2.05, 4.69) is 15.5 Å². The van der Waals surface area contributed by atoms with Crippen molar-refractivity contribution in [2.75, 3.05) is 19.7 Å². The van der Waals surface area contributed by atoms with E-state index in [1.807, 2.05) is 31.2 Å². The van der Waals surface area contributed by atoms with Gasteiger partial charge in [0.2, 0.25) is 5.91 Å². The lowest BCUT2D eigenvalue weighted by molar-refractivity contribution is -0.121. The molecule has 1 atom stereocenters. The Morgan fingerprint density at radius 1 is 1.26 bits per heavy atom. The lowest BCUT2D eigenvalue weighted by atomic mass is 10.0. The van der Waals surface area contributed by atoms with Gasteiger partial charge >= 0.3 is 6.03 Å². The van der Waals surface area contributed by atoms with Crippen molar-refractivity contribution in [2.45, 2.75) is 32.4 Å². The maximum Gasteiger partial charge on any atom is 0.321 e. The van der Waals surface area contributed by atoms with Crippen molar-refractivity contribution >= 4 is 11.9 Å². The first-order chi connectivity index (χ1) is 13.2. The second kappa shape index (κ2) is 9.23. The Bertz CT molecular complexity index is 743. The van der Waals surface area contributed by atoms with Gasteiger partial charge in [0.05, 0.1) is 26.0 Å². The second-order valence-electron chi connectivity index (χ2n) is 6.44. The van der Waals surface area contributed by atoms with Gasteiger partial charge in [0.1, 0.15) is 11.5 Å². The first-order valence-corrected chi connectivity index (χ1v) is 9.22. The zero-order valence-electron chi connectivity index (χ0n) is 15.4. The molecular formula is C20H25N3O4. The van der Waals surface area contributed by atoms with Gasteiger partial charge < -0.3 is 14.5 Å². The average Bonchev–Trinajstić information content (AvgIpc) is 3.33. The minimum absolute atomic E-state index is 0.178. The summed E-state index contributed by atoms with van der Waals surface area (Å²) in [7, 11) is 0. The Morgan fingerprint density at radius 3 is 2.78 bits per heavy atom. The summed E-state index contributed by atoms with van der Waals surface area (Å²) in [5.41, 5.74) is 1.16. The average molecular weight is 371 g/mol. The number of hydrogen-bond donors (Lipinski definition) is 2. The maximum atomic E-state index is 12.2. The summed E-state index contributed by atoms with van der Waals surface area (Å²) in [5, 5.41) is 4.98. The standard InChI is InChI=1S/C20H25N3O4/c1-2-26-16-9-7-15(8-10-16)18-6-3-11-23(18)14-19(24)22-20(25)21-13-17-5-4-12-27-17/h4-5,7-10,12,18H,2-3,6,11,13-14H2,1H3,(H2,21,22,24,25). The SMILES string of the molecule is CCOc1ccc(C2CCCN2CC(=O)NC(=O)NCc2ccco2)cc1. The van der Waals surface area contributed by atoms with Crippen molar-refractivity contribution in [3.05, 3.63) is 54.0 Å². The third-order valence-electron chi connectivity index (χ3n) is 4.54. The largest absolute Gasteiger partial charge is 0.494 e. The lowest BCUT2D eigenvalue weighted by Gasteiger charge is -2.24. The van der Waals surface area contributed by atoms with Crippen LogP contribution in [0, 0.1) is 0 Å². The number of nitrogens with zero attached hydrogens (tertiary/aromatic N) is 1. The molecule has 27 heavy (non-hydrogen) atoms. The lowest BCUT2D eigenvalue weighted by Crippen LogP contribution is -2.44. The van der Waals surface area contributed by atoms with E-state index in [0.717, 1.165) is 30.7 Å². The van der Waals surface area contributed by atoms with Crippen LogP contribution in [0.2, 0.25) is 0 Å². The van der Waals surface area contributed by atoms with Crippen molar-refractivity contribution in [1.29, 1.82) is 0 Å². The molecule has 3 amide bonds. The normalized spacial score (nSPS) is 16.9. The van der Waals surface area contributed by atoms with Crippen LogP contribution in [-0.2, 0) is 11.3 Å². The molecule has 0 spiro atoms. The molecule has 2 N–H and O–H groups in total. The molecule has 0 saturated carbocycles. The van der Waals surface area contributed by atoms with Crippen molar-refractivity contribution < 1.29 is 18.7 Å². The molecular weight excluding hydrogens is 346 g/mol. The van der Waals surface area contributed by atoms with Gasteiger partial charge in [0.15, 0.2) is 0 Å². The van der Waals surface area contributed by atoms with Crippen LogP contribution in [-0.4, -0.2) is 36.5 Å². The molecule has 1 aliphatic heterocycles. The number of amides is 3. The molecule has 0 bridgehead atoms. The first kappa shape index (κ1) is 19.0. The predicted molar refractivity (Wildman–Crippen MR) is 100 cm³/mol. The minimum atomic E-state index is -0.520. The van der Waals surface area contributed by atoms with Crippen LogP contribution in [0.15, 0.2) is 47.1 Å². The topological polar surface area (TPSA) is 83.8 Å². The van der Waals surface area contributed by atoms with Crippen LogP contribution < -0.4 is 15.4 Å². The monoisotopic (exact) mass is 371 g/mol. The fourth-order valence-electron chi connectivity index (χ4n) is 3.32. The Hall–Kier alpha value is -2.80. The molecule has 1 unspecified atom stereocenters. The highest BCUT2D eigenvalue weighted by molar-refractivity contribution is 5.95. The van der Waals surface area contributed by atoms with E-state index >= 15 is 0 Å². The fourth-order valence-corrected chi connectivity index (χ4v) is 3.32.